The number of nitriles is 1. The minimum absolute atomic E-state index is 0.0400. The number of aryl methyl sites for hydroxylation is 4. The number of aromatic carboxylic acids is 1. The molecule has 0 unspecified atom stereocenters. The van der Waals surface area contributed by atoms with E-state index in [4.69, 9.17) is 51.9 Å². The van der Waals surface area contributed by atoms with E-state index in [0.717, 1.165) is 137 Å². The summed E-state index contributed by atoms with van der Waals surface area (Å²) in [4.78, 5) is 52.8. The van der Waals surface area contributed by atoms with E-state index in [1.54, 1.807) is 31.4 Å². The van der Waals surface area contributed by atoms with Crippen LogP contribution in [0.15, 0.2) is 243 Å². The fraction of sp³-hybridized carbons (Fsp3) is 0.455. The number of carbonyl (C=O) groups excluding carboxylic acids is 1. The van der Waals surface area contributed by atoms with Crippen molar-refractivity contribution in [3.8, 4) is 23.3 Å². The SMILES string of the molecule is CC(C)Cc1cccc(C#N)c1.CC(C)Cc1cccc(C(=O)O)c1.CC(C)Cc1cccc(CCCC(=O)O)c1.CC(C)Cc1cccc(Cl)c1.CC(C)Cc1cccc(O)c1.CC(C)Cc1ccccc1CCCC(=O)O.CC(C)Cc1ccccc1CCCCCC(=O)O.COC(=O)COc1cccc(CC(C)C)c1.COc1cccc(CC(C)C)c1.Cc1cccc(CC(C)C)c1. The van der Waals surface area contributed by atoms with Gasteiger partial charge in [-0.25, -0.2) is 9.59 Å². The summed E-state index contributed by atoms with van der Waals surface area (Å²) in [5.74, 6) is 5.32. The van der Waals surface area contributed by atoms with E-state index in [0.29, 0.717) is 76.7 Å². The van der Waals surface area contributed by atoms with Crippen molar-refractivity contribution in [3.05, 3.63) is 337 Å². The zero-order valence-corrected chi connectivity index (χ0v) is 87.5. The lowest BCUT2D eigenvalue weighted by Crippen LogP contribution is -2.12. The number of phenols is 1. The molecule has 0 heterocycles. The minimum atomic E-state index is -0.856. The number of hydrogen-bond donors (Lipinski definition) is 5. The van der Waals surface area contributed by atoms with Gasteiger partial charge in [0.2, 0.25) is 0 Å². The van der Waals surface area contributed by atoms with Crippen LogP contribution in [-0.4, -0.2) is 76.2 Å². The van der Waals surface area contributed by atoms with Gasteiger partial charge in [0.05, 0.1) is 31.4 Å². The van der Waals surface area contributed by atoms with Gasteiger partial charge in [0.25, 0.3) is 0 Å². The Balaban J connectivity index is 0.000000759. The quantitative estimate of drug-likeness (QED) is 0.0178. The van der Waals surface area contributed by atoms with E-state index in [1.807, 2.05) is 97.1 Å². The molecule has 14 nitrogen and oxygen atoms in total. The molecule has 0 aliphatic rings. The van der Waals surface area contributed by atoms with Crippen molar-refractivity contribution in [1.82, 2.24) is 0 Å². The number of hydrogen-bond acceptors (Lipinski definition) is 10. The van der Waals surface area contributed by atoms with Crippen LogP contribution in [0.1, 0.15) is 284 Å². The lowest BCUT2D eigenvalue weighted by atomic mass is 9.95. The summed E-state index contributed by atoms with van der Waals surface area (Å²) in [6, 6.07) is 82.8. The number of esters is 1. The molecule has 0 saturated carbocycles. The van der Waals surface area contributed by atoms with Gasteiger partial charge in [-0.3, -0.25) is 14.4 Å². The maximum absolute atomic E-state index is 10.9. The molecule has 5 N–H and O–H groups in total. The van der Waals surface area contributed by atoms with Crippen LogP contribution in [0, 0.1) is 77.4 Å². The highest BCUT2D eigenvalue weighted by atomic mass is 35.5. The first kappa shape index (κ1) is 123. The number of halogens is 1. The molecule has 10 aromatic carbocycles. The normalized spacial score (nSPS) is 10.5. The monoisotopic (exact) mass is 1880 g/mol. The number of carbonyl (C=O) groups is 5. The summed E-state index contributed by atoms with van der Waals surface area (Å²) < 4.78 is 14.9. The van der Waals surface area contributed by atoms with Gasteiger partial charge >= 0.3 is 29.8 Å². The lowest BCUT2D eigenvalue weighted by Gasteiger charge is -2.11. The molecule has 136 heavy (non-hydrogen) atoms. The molecular weight excluding hydrogens is 1710 g/mol. The van der Waals surface area contributed by atoms with Crippen LogP contribution >= 0.6 is 11.6 Å². The first-order valence-electron chi connectivity index (χ1n) is 49.1. The van der Waals surface area contributed by atoms with E-state index < -0.39 is 23.9 Å². The molecule has 15 heteroatoms. The second kappa shape index (κ2) is 73.0. The molecule has 0 saturated heterocycles. The number of carboxylic acid groups (broad SMARTS) is 4. The summed E-state index contributed by atoms with van der Waals surface area (Å²) in [6.07, 6.45) is 18.7. The molecule has 0 aromatic heterocycles. The van der Waals surface area contributed by atoms with Crippen molar-refractivity contribution in [2.24, 2.45) is 59.2 Å². The van der Waals surface area contributed by atoms with Gasteiger partial charge in [-0.2, -0.15) is 5.26 Å². The number of nitrogens with zero attached hydrogens (tertiary/aromatic N) is 1. The molecule has 0 bridgehead atoms. The molecule has 742 valence electrons. The first-order valence-corrected chi connectivity index (χ1v) is 49.5. The summed E-state index contributed by atoms with van der Waals surface area (Å²) in [5, 5.41) is 53.1. The Morgan fingerprint density at radius 1 is 0.324 bits per heavy atom. The van der Waals surface area contributed by atoms with E-state index in [-0.39, 0.29) is 25.4 Å². The number of benzene rings is 10. The van der Waals surface area contributed by atoms with E-state index in [9.17, 15) is 24.0 Å². The molecule has 0 radical (unpaired) electrons. The van der Waals surface area contributed by atoms with Gasteiger partial charge in [-0.15, -0.1) is 0 Å². The fourth-order valence-corrected chi connectivity index (χ4v) is 15.0. The van der Waals surface area contributed by atoms with E-state index in [2.05, 4.69) is 278 Å². The third kappa shape index (κ3) is 66.2. The Bertz CT molecular complexity index is 4850. The molecule has 0 amide bonds. The van der Waals surface area contributed by atoms with Crippen molar-refractivity contribution in [2.75, 3.05) is 20.8 Å². The number of carboxylic acids is 4. The third-order valence-corrected chi connectivity index (χ3v) is 20.6. The van der Waals surface area contributed by atoms with Gasteiger partial charge in [0, 0.05) is 24.3 Å². The fourth-order valence-electron chi connectivity index (χ4n) is 14.8. The zero-order valence-electron chi connectivity index (χ0n) is 86.8. The molecule has 0 spiro atoms. The Labute approximate surface area is 825 Å². The summed E-state index contributed by atoms with van der Waals surface area (Å²) in [7, 11) is 3.05. The molecule has 0 aliphatic carbocycles. The number of methoxy groups -OCH3 is 2. The topological polar surface area (TPSA) is 238 Å². The molecular formula is C121H168ClNO13. The molecule has 0 atom stereocenters. The van der Waals surface area contributed by atoms with Gasteiger partial charge < -0.3 is 39.7 Å². The number of unbranched alkanes of at least 4 members (excludes halogenated alkanes) is 2. The van der Waals surface area contributed by atoms with Crippen molar-refractivity contribution in [3.63, 3.8) is 0 Å². The Morgan fingerprint density at radius 3 is 1.07 bits per heavy atom. The van der Waals surface area contributed by atoms with Crippen LogP contribution < -0.4 is 9.47 Å². The van der Waals surface area contributed by atoms with Gasteiger partial charge in [-0.1, -0.05) is 332 Å². The minimum Gasteiger partial charge on any atom is -0.508 e. The Morgan fingerprint density at radius 2 is 0.662 bits per heavy atom. The zero-order chi connectivity index (χ0) is 102. The van der Waals surface area contributed by atoms with Crippen molar-refractivity contribution < 1.29 is 63.7 Å². The summed E-state index contributed by atoms with van der Waals surface area (Å²) >= 11 is 5.83. The molecule has 0 fully saturated rings. The van der Waals surface area contributed by atoms with Crippen molar-refractivity contribution >= 4 is 41.4 Å². The highest BCUT2D eigenvalue weighted by molar-refractivity contribution is 6.30. The van der Waals surface area contributed by atoms with E-state index in [1.165, 1.54) is 85.9 Å². The predicted octanol–water partition coefficient (Wildman–Crippen LogP) is 30.7. The maximum atomic E-state index is 10.9. The average molecular weight is 1880 g/mol. The number of phenolic OH excluding ortho intramolecular Hbond substituents is 1. The first-order chi connectivity index (χ1) is 64.4. The highest BCUT2D eigenvalue weighted by Crippen LogP contribution is 2.24. The van der Waals surface area contributed by atoms with Gasteiger partial charge in [0.15, 0.2) is 6.61 Å². The van der Waals surface area contributed by atoms with Crippen LogP contribution in [-0.2, 0) is 107 Å². The smallest absolute Gasteiger partial charge is 0.343 e. The standard InChI is InChI=1S/C16H24O2.2C14H20O2.C13H18O3.C11H13N.C11H14O2.C11H16O.C11H16.C10H13Cl.C10H14O/c1-13(2)12-15-10-7-6-9-14(15)8-4-3-5-11-16(17)18;1-11(2)9-13-7-3-5-12(10-13)6-4-8-14(15)16;1-11(2)10-13-7-4-3-6-12(13)8-5-9-14(15)16;1-10(2)7-11-5-4-6-12(8-11)16-9-13(14)15-3;1-9(2)6-10-4-3-5-11(7-10)8-12;1-8(2)6-9-4-3-5-10(7-9)11(12)13;1-9(2)7-10-5-4-6-11(8-10)12-3;1-9(2)7-11-6-4-5-10(3)8-11;2*1-8(2)6-9-4-3-5-10(11)7-9/h6-7,9-10,13H,3-5,8,11-12H2,1-2H3,(H,17,18);3,5,7,10-11H,4,6,8-9H2,1-2H3,(H,15,16);3-4,6-7,11H,5,8-10H2,1-2H3,(H,15,16);4-6,8,10H,7,9H2,1-3H3;3-5,7,9H,6H2,1-2H3;3-5,7-8H,6H2,1-2H3,(H,12,13);4-6,8-9H,7H2,1-3H3;4-6,8-9H,7H2,1-3H3;3-5,7-8H,6H2,1-2H3;3-5,7-8,11H,6H2,1-2H3. The van der Waals surface area contributed by atoms with Crippen LogP contribution in [0.3, 0.4) is 0 Å². The van der Waals surface area contributed by atoms with Crippen molar-refractivity contribution in [1.29, 1.82) is 5.26 Å². The lowest BCUT2D eigenvalue weighted by molar-refractivity contribution is -0.143. The number of aromatic hydroxyl groups is 1. The summed E-state index contributed by atoms with van der Waals surface area (Å²) in [6.45, 7) is 46.0. The van der Waals surface area contributed by atoms with Crippen LogP contribution in [0.5, 0.6) is 17.2 Å². The maximum Gasteiger partial charge on any atom is 0.343 e. The van der Waals surface area contributed by atoms with Gasteiger partial charge in [0.1, 0.15) is 17.2 Å². The summed E-state index contributed by atoms with van der Waals surface area (Å²) in [5.41, 5.74) is 19.6. The van der Waals surface area contributed by atoms with E-state index >= 15 is 0 Å². The Kier molecular flexibility index (Phi) is 65.9. The average Bonchev–Trinajstić information content (AvgIpc) is 0.883. The van der Waals surface area contributed by atoms with Crippen molar-refractivity contribution in [2.45, 2.75) is 280 Å². The molecule has 10 aromatic rings. The predicted molar refractivity (Wildman–Crippen MR) is 568 cm³/mol. The third-order valence-electron chi connectivity index (χ3n) is 20.4. The number of aliphatic carboxylic acids is 3. The number of rotatable bonds is 39. The number of ether oxygens (including phenoxy) is 3. The molecule has 10 rings (SSSR count). The highest BCUT2D eigenvalue weighted by Gasteiger charge is 2.12. The van der Waals surface area contributed by atoms with Crippen LogP contribution in [0.4, 0.5) is 0 Å². The van der Waals surface area contributed by atoms with Crippen LogP contribution in [0.2, 0.25) is 5.02 Å². The second-order valence-corrected chi connectivity index (χ2v) is 39.7. The van der Waals surface area contributed by atoms with Crippen LogP contribution in [0.25, 0.3) is 0 Å². The largest absolute Gasteiger partial charge is 0.508 e. The Hall–Kier alpha value is -11.3. The van der Waals surface area contributed by atoms with Gasteiger partial charge in [-0.05, 0) is 320 Å². The second-order valence-electron chi connectivity index (χ2n) is 39.3. The molecule has 0 aliphatic heterocycles.